The summed E-state index contributed by atoms with van der Waals surface area (Å²) in [7, 11) is 0. The molecule has 0 spiro atoms. The van der Waals surface area contributed by atoms with Crippen molar-refractivity contribution < 1.29 is 4.79 Å². The van der Waals surface area contributed by atoms with Crippen LogP contribution in [0, 0.1) is 0 Å². The van der Waals surface area contributed by atoms with Gasteiger partial charge in [-0.05, 0) is 55.3 Å². The molecule has 6 nitrogen and oxygen atoms in total. The first-order valence-corrected chi connectivity index (χ1v) is 12.1. The van der Waals surface area contributed by atoms with Gasteiger partial charge >= 0.3 is 0 Å². The van der Waals surface area contributed by atoms with Crippen molar-refractivity contribution in [3.05, 3.63) is 82.6 Å². The molecule has 0 radical (unpaired) electrons. The van der Waals surface area contributed by atoms with E-state index < -0.39 is 0 Å². The Labute approximate surface area is 205 Å². The quantitative estimate of drug-likeness (QED) is 0.332. The van der Waals surface area contributed by atoms with Crippen LogP contribution in [0.25, 0.3) is 17.1 Å². The van der Waals surface area contributed by atoms with E-state index in [-0.39, 0.29) is 17.7 Å². The van der Waals surface area contributed by atoms with Gasteiger partial charge in [0.15, 0.2) is 11.0 Å². The zero-order valence-corrected chi connectivity index (χ0v) is 20.0. The minimum Gasteiger partial charge on any atom is -0.308 e. The largest absolute Gasteiger partial charge is 0.308 e. The molecule has 1 atom stereocenters. The summed E-state index contributed by atoms with van der Waals surface area (Å²) in [5, 5.41) is 10.2. The molecule has 0 saturated carbocycles. The summed E-state index contributed by atoms with van der Waals surface area (Å²) in [4.78, 5) is 19.3. The van der Waals surface area contributed by atoms with Crippen LogP contribution in [0.4, 0.5) is 5.69 Å². The fraction of sp³-hybridized carbons (Fsp3) is 0.167. The third-order valence-electron chi connectivity index (χ3n) is 5.52. The molecule has 1 aliphatic heterocycles. The van der Waals surface area contributed by atoms with Gasteiger partial charge in [-0.25, -0.2) is 0 Å². The first-order valence-electron chi connectivity index (χ1n) is 10.4. The molecule has 0 aliphatic carbocycles. The molecule has 0 N–H and O–H groups in total. The van der Waals surface area contributed by atoms with Crippen LogP contribution in [0.1, 0.15) is 12.5 Å². The van der Waals surface area contributed by atoms with Crippen molar-refractivity contribution in [2.75, 3.05) is 10.7 Å². The predicted octanol–water partition coefficient (Wildman–Crippen LogP) is 5.71. The minimum absolute atomic E-state index is 0.0315. The summed E-state index contributed by atoms with van der Waals surface area (Å²) in [6, 6.07) is 17.3. The standard InChI is InChI=1S/C24H19Cl2N5OS/c1-15-11-16-5-2-3-7-21(16)30(15)22(32)14-33-24-29-28-23(17-6-4-10-27-13-17)31(24)18-8-9-19(25)20(26)12-18/h2-10,12-13,15H,11,14H2,1H3. The number of anilines is 1. The fourth-order valence-electron chi connectivity index (χ4n) is 4.04. The molecular weight excluding hydrogens is 477 g/mol. The van der Waals surface area contributed by atoms with E-state index in [1.165, 1.54) is 17.3 Å². The minimum atomic E-state index is 0.0315. The maximum absolute atomic E-state index is 13.2. The van der Waals surface area contributed by atoms with Gasteiger partial charge in [-0.2, -0.15) is 0 Å². The number of pyridine rings is 1. The fourth-order valence-corrected chi connectivity index (χ4v) is 5.15. The smallest absolute Gasteiger partial charge is 0.237 e. The maximum atomic E-state index is 13.2. The van der Waals surface area contributed by atoms with Gasteiger partial charge in [0.2, 0.25) is 5.91 Å². The van der Waals surface area contributed by atoms with Gasteiger partial charge in [-0.15, -0.1) is 10.2 Å². The van der Waals surface area contributed by atoms with Crippen LogP contribution in [-0.2, 0) is 11.2 Å². The lowest BCUT2D eigenvalue weighted by atomic mass is 10.1. The lowest BCUT2D eigenvalue weighted by Crippen LogP contribution is -2.37. The summed E-state index contributed by atoms with van der Waals surface area (Å²) < 4.78 is 1.87. The molecular formula is C24H19Cl2N5OS. The molecule has 0 bridgehead atoms. The molecule has 5 rings (SSSR count). The van der Waals surface area contributed by atoms with Crippen LogP contribution in [0.3, 0.4) is 0 Å². The van der Waals surface area contributed by atoms with Gasteiger partial charge in [0, 0.05) is 29.7 Å². The summed E-state index contributed by atoms with van der Waals surface area (Å²) in [6.45, 7) is 2.07. The molecule has 33 heavy (non-hydrogen) atoms. The highest BCUT2D eigenvalue weighted by atomic mass is 35.5. The number of benzene rings is 2. The van der Waals surface area contributed by atoms with Crippen LogP contribution in [0.5, 0.6) is 0 Å². The van der Waals surface area contributed by atoms with Crippen LogP contribution < -0.4 is 4.90 Å². The highest BCUT2D eigenvalue weighted by Gasteiger charge is 2.31. The molecule has 0 fully saturated rings. The molecule has 2 aromatic carbocycles. The monoisotopic (exact) mass is 495 g/mol. The van der Waals surface area contributed by atoms with E-state index in [0.29, 0.717) is 21.0 Å². The number of hydrogen-bond acceptors (Lipinski definition) is 5. The van der Waals surface area contributed by atoms with Crippen molar-refractivity contribution in [1.82, 2.24) is 19.7 Å². The van der Waals surface area contributed by atoms with Gasteiger partial charge < -0.3 is 4.90 Å². The number of amides is 1. The number of rotatable bonds is 5. The lowest BCUT2D eigenvalue weighted by Gasteiger charge is -2.22. The third kappa shape index (κ3) is 4.24. The number of nitrogens with zero attached hydrogens (tertiary/aromatic N) is 5. The molecule has 9 heteroatoms. The number of carbonyl (C=O) groups excluding carboxylic acids is 1. The zero-order chi connectivity index (χ0) is 22.9. The van der Waals surface area contributed by atoms with Crippen molar-refractivity contribution >= 4 is 46.6 Å². The first-order chi connectivity index (χ1) is 16.0. The average molecular weight is 496 g/mol. The molecule has 166 valence electrons. The number of fused-ring (bicyclic) bond motifs is 1. The van der Waals surface area contributed by atoms with Crippen LogP contribution in [0.15, 0.2) is 72.1 Å². The second-order valence-electron chi connectivity index (χ2n) is 7.72. The number of para-hydroxylation sites is 1. The van der Waals surface area contributed by atoms with E-state index in [0.717, 1.165) is 23.4 Å². The van der Waals surface area contributed by atoms with E-state index in [4.69, 9.17) is 23.2 Å². The number of aromatic nitrogens is 4. The summed E-state index contributed by atoms with van der Waals surface area (Å²) in [6.07, 6.45) is 4.28. The van der Waals surface area contributed by atoms with Crippen molar-refractivity contribution in [3.8, 4) is 17.1 Å². The van der Waals surface area contributed by atoms with E-state index in [9.17, 15) is 4.79 Å². The Morgan fingerprint density at radius 1 is 1.09 bits per heavy atom. The van der Waals surface area contributed by atoms with Gasteiger partial charge in [0.05, 0.1) is 21.5 Å². The SMILES string of the molecule is CC1Cc2ccccc2N1C(=O)CSc1nnc(-c2cccnc2)n1-c1ccc(Cl)c(Cl)c1. The van der Waals surface area contributed by atoms with Crippen molar-refractivity contribution in [1.29, 1.82) is 0 Å². The second kappa shape index (κ2) is 9.17. The number of carbonyl (C=O) groups is 1. The predicted molar refractivity (Wildman–Crippen MR) is 132 cm³/mol. The molecule has 1 amide bonds. The summed E-state index contributed by atoms with van der Waals surface area (Å²) in [5.41, 5.74) is 3.73. The van der Waals surface area contributed by atoms with Crippen LogP contribution in [-0.4, -0.2) is 37.5 Å². The second-order valence-corrected chi connectivity index (χ2v) is 9.47. The highest BCUT2D eigenvalue weighted by Crippen LogP contribution is 2.34. The average Bonchev–Trinajstić information content (AvgIpc) is 3.40. The van der Waals surface area contributed by atoms with Gasteiger partial charge in [-0.3, -0.25) is 14.3 Å². The topological polar surface area (TPSA) is 63.9 Å². The van der Waals surface area contributed by atoms with E-state index in [1.54, 1.807) is 24.5 Å². The number of hydrogen-bond donors (Lipinski definition) is 0. The van der Waals surface area contributed by atoms with Crippen LogP contribution >= 0.6 is 35.0 Å². The van der Waals surface area contributed by atoms with Crippen molar-refractivity contribution in [3.63, 3.8) is 0 Å². The maximum Gasteiger partial charge on any atom is 0.237 e. The Morgan fingerprint density at radius 2 is 1.94 bits per heavy atom. The Morgan fingerprint density at radius 3 is 2.73 bits per heavy atom. The Bertz CT molecular complexity index is 1330. The number of thioether (sulfide) groups is 1. The van der Waals surface area contributed by atoms with Crippen LogP contribution in [0.2, 0.25) is 10.0 Å². The van der Waals surface area contributed by atoms with Crippen molar-refractivity contribution in [2.45, 2.75) is 24.5 Å². The molecule has 3 heterocycles. The number of halogens is 2. The summed E-state index contributed by atoms with van der Waals surface area (Å²) >= 11 is 13.8. The van der Waals surface area contributed by atoms with Gasteiger partial charge in [0.1, 0.15) is 0 Å². The molecule has 2 aromatic heterocycles. The molecule has 1 aliphatic rings. The Hall–Kier alpha value is -2.87. The van der Waals surface area contributed by atoms with E-state index >= 15 is 0 Å². The Balaban J connectivity index is 1.47. The highest BCUT2D eigenvalue weighted by molar-refractivity contribution is 7.99. The lowest BCUT2D eigenvalue weighted by molar-refractivity contribution is -0.116. The Kier molecular flexibility index (Phi) is 6.10. The van der Waals surface area contributed by atoms with Gasteiger partial charge in [-0.1, -0.05) is 53.2 Å². The third-order valence-corrected chi connectivity index (χ3v) is 7.17. The first kappa shape index (κ1) is 21.9. The molecule has 4 aromatic rings. The van der Waals surface area contributed by atoms with E-state index in [2.05, 4.69) is 28.2 Å². The van der Waals surface area contributed by atoms with E-state index in [1.807, 2.05) is 45.9 Å². The molecule has 1 unspecified atom stereocenters. The van der Waals surface area contributed by atoms with Gasteiger partial charge in [0.25, 0.3) is 0 Å². The summed E-state index contributed by atoms with van der Waals surface area (Å²) in [5.74, 6) is 0.867. The normalized spacial score (nSPS) is 15.0. The molecule has 0 saturated heterocycles. The van der Waals surface area contributed by atoms with Crippen molar-refractivity contribution in [2.24, 2.45) is 0 Å². The zero-order valence-electron chi connectivity index (χ0n) is 17.7.